The van der Waals surface area contributed by atoms with Gasteiger partial charge in [0.1, 0.15) is 0 Å². The highest BCUT2D eigenvalue weighted by molar-refractivity contribution is 5.52. The van der Waals surface area contributed by atoms with Gasteiger partial charge in [0.25, 0.3) is 0 Å². The van der Waals surface area contributed by atoms with Gasteiger partial charge < -0.3 is 14.7 Å². The molecule has 1 N–H and O–H groups in total. The molecule has 23 heavy (non-hydrogen) atoms. The summed E-state index contributed by atoms with van der Waals surface area (Å²) in [6.45, 7) is 5.28. The highest BCUT2D eigenvalue weighted by Gasteiger charge is 2.29. The third-order valence-corrected chi connectivity index (χ3v) is 4.34. The third-order valence-electron chi connectivity index (χ3n) is 4.34. The Morgan fingerprint density at radius 1 is 1.00 bits per heavy atom. The first-order valence-electron chi connectivity index (χ1n) is 7.84. The molecule has 0 radical (unpaired) electrons. The normalized spacial score (nSPS) is 17.3. The lowest BCUT2D eigenvalue weighted by atomic mass is 9.86. The van der Waals surface area contributed by atoms with E-state index in [1.807, 2.05) is 55.5 Å². The predicted molar refractivity (Wildman–Crippen MR) is 92.5 cm³/mol. The Labute approximate surface area is 137 Å². The molecule has 3 nitrogen and oxygen atoms in total. The van der Waals surface area contributed by atoms with Crippen molar-refractivity contribution >= 4 is 5.69 Å². The minimum absolute atomic E-state index is 0.709. The summed E-state index contributed by atoms with van der Waals surface area (Å²) >= 11 is 0. The molecule has 1 fully saturated rings. The lowest BCUT2D eigenvalue weighted by Gasteiger charge is -2.30. The van der Waals surface area contributed by atoms with Crippen LogP contribution in [0.2, 0.25) is 0 Å². The van der Waals surface area contributed by atoms with E-state index in [0.29, 0.717) is 11.1 Å². The molecular formula is C20H21NO2. The molecule has 0 saturated carbocycles. The van der Waals surface area contributed by atoms with Crippen LogP contribution in [-0.4, -0.2) is 31.4 Å². The van der Waals surface area contributed by atoms with Crippen molar-refractivity contribution in [2.24, 2.45) is 0 Å². The van der Waals surface area contributed by atoms with E-state index >= 15 is 0 Å². The Kier molecular flexibility index (Phi) is 4.38. The molecule has 1 atom stereocenters. The first kappa shape index (κ1) is 15.6. The minimum atomic E-state index is -1.41. The summed E-state index contributed by atoms with van der Waals surface area (Å²) in [5, 5.41) is 11.0. The molecule has 0 amide bonds. The zero-order valence-corrected chi connectivity index (χ0v) is 13.3. The van der Waals surface area contributed by atoms with Crippen molar-refractivity contribution in [1.82, 2.24) is 0 Å². The Hall–Kier alpha value is -2.28. The SMILES string of the molecule is C#CC(O)(c1ccc(C)cc1)c1ccc(N2CCOCC2)cc1. The van der Waals surface area contributed by atoms with E-state index in [1.54, 1.807) is 0 Å². The number of anilines is 1. The second-order valence-corrected chi connectivity index (χ2v) is 5.87. The van der Waals surface area contributed by atoms with Gasteiger partial charge in [0.15, 0.2) is 5.60 Å². The fourth-order valence-electron chi connectivity index (χ4n) is 2.86. The second kappa shape index (κ2) is 6.45. The standard InChI is InChI=1S/C20H21NO2/c1-3-20(22,17-6-4-16(2)5-7-17)18-8-10-19(11-9-18)21-12-14-23-15-13-21/h1,4-11,22H,12-15H2,2H3. The number of nitrogens with zero attached hydrogens (tertiary/aromatic N) is 1. The van der Waals surface area contributed by atoms with Gasteiger partial charge in [-0.1, -0.05) is 47.9 Å². The molecule has 0 aromatic heterocycles. The van der Waals surface area contributed by atoms with E-state index < -0.39 is 5.60 Å². The highest BCUT2D eigenvalue weighted by Crippen LogP contribution is 2.30. The molecule has 2 aromatic carbocycles. The number of rotatable bonds is 3. The molecule has 2 aromatic rings. The van der Waals surface area contributed by atoms with Crippen molar-refractivity contribution in [3.63, 3.8) is 0 Å². The molecule has 1 unspecified atom stereocenters. The van der Waals surface area contributed by atoms with Gasteiger partial charge in [-0.25, -0.2) is 0 Å². The van der Waals surface area contributed by atoms with E-state index in [-0.39, 0.29) is 0 Å². The zero-order valence-electron chi connectivity index (χ0n) is 13.3. The summed E-state index contributed by atoms with van der Waals surface area (Å²) in [6, 6.07) is 15.5. The summed E-state index contributed by atoms with van der Waals surface area (Å²) in [6.07, 6.45) is 5.66. The monoisotopic (exact) mass is 307 g/mol. The first-order chi connectivity index (χ1) is 11.1. The van der Waals surface area contributed by atoms with Crippen LogP contribution in [0.5, 0.6) is 0 Å². The fraction of sp³-hybridized carbons (Fsp3) is 0.300. The largest absolute Gasteiger partial charge is 0.378 e. The Morgan fingerprint density at radius 3 is 2.04 bits per heavy atom. The molecule has 3 heteroatoms. The highest BCUT2D eigenvalue weighted by atomic mass is 16.5. The summed E-state index contributed by atoms with van der Waals surface area (Å²) in [4.78, 5) is 2.27. The molecule has 1 heterocycles. The van der Waals surface area contributed by atoms with Crippen LogP contribution in [0.1, 0.15) is 16.7 Å². The maximum Gasteiger partial charge on any atom is 0.176 e. The van der Waals surface area contributed by atoms with E-state index in [9.17, 15) is 5.11 Å². The van der Waals surface area contributed by atoms with Crippen molar-refractivity contribution in [3.05, 3.63) is 65.2 Å². The molecule has 118 valence electrons. The molecule has 0 bridgehead atoms. The Bertz CT molecular complexity index is 694. The molecule has 0 spiro atoms. The van der Waals surface area contributed by atoms with Crippen LogP contribution in [0.25, 0.3) is 0 Å². The van der Waals surface area contributed by atoms with Crippen molar-refractivity contribution in [2.75, 3.05) is 31.2 Å². The molecule has 1 aliphatic rings. The number of ether oxygens (including phenoxy) is 1. The number of morpholine rings is 1. The van der Waals surface area contributed by atoms with Gasteiger partial charge in [0, 0.05) is 29.9 Å². The number of aliphatic hydroxyl groups is 1. The molecular weight excluding hydrogens is 286 g/mol. The fourth-order valence-corrected chi connectivity index (χ4v) is 2.86. The molecule has 1 saturated heterocycles. The van der Waals surface area contributed by atoms with Gasteiger partial charge in [0.05, 0.1) is 13.2 Å². The molecule has 0 aliphatic carbocycles. The van der Waals surface area contributed by atoms with Crippen LogP contribution in [0.15, 0.2) is 48.5 Å². The van der Waals surface area contributed by atoms with E-state index in [2.05, 4.69) is 10.8 Å². The number of hydrogen-bond donors (Lipinski definition) is 1. The predicted octanol–water partition coefficient (Wildman–Crippen LogP) is 2.70. The average molecular weight is 307 g/mol. The Balaban J connectivity index is 1.89. The van der Waals surface area contributed by atoms with Gasteiger partial charge >= 0.3 is 0 Å². The average Bonchev–Trinajstić information content (AvgIpc) is 2.62. The van der Waals surface area contributed by atoms with Crippen LogP contribution < -0.4 is 4.90 Å². The second-order valence-electron chi connectivity index (χ2n) is 5.87. The van der Waals surface area contributed by atoms with Gasteiger partial charge in [-0.3, -0.25) is 0 Å². The van der Waals surface area contributed by atoms with Gasteiger partial charge in [-0.2, -0.15) is 0 Å². The minimum Gasteiger partial charge on any atom is -0.378 e. The number of benzene rings is 2. The first-order valence-corrected chi connectivity index (χ1v) is 7.84. The van der Waals surface area contributed by atoms with Crippen molar-refractivity contribution in [2.45, 2.75) is 12.5 Å². The van der Waals surface area contributed by atoms with Crippen molar-refractivity contribution in [3.8, 4) is 12.3 Å². The molecule has 1 aliphatic heterocycles. The van der Waals surface area contributed by atoms with Crippen LogP contribution in [-0.2, 0) is 10.3 Å². The van der Waals surface area contributed by atoms with E-state index in [4.69, 9.17) is 11.2 Å². The smallest absolute Gasteiger partial charge is 0.176 e. The summed E-state index contributed by atoms with van der Waals surface area (Å²) in [7, 11) is 0. The topological polar surface area (TPSA) is 32.7 Å². The van der Waals surface area contributed by atoms with Crippen molar-refractivity contribution in [1.29, 1.82) is 0 Å². The van der Waals surface area contributed by atoms with Crippen molar-refractivity contribution < 1.29 is 9.84 Å². The number of hydrogen-bond acceptors (Lipinski definition) is 3. The molecule has 3 rings (SSSR count). The van der Waals surface area contributed by atoms with E-state index in [0.717, 1.165) is 37.6 Å². The summed E-state index contributed by atoms with van der Waals surface area (Å²) in [5.74, 6) is 2.55. The van der Waals surface area contributed by atoms with Crippen LogP contribution in [0.3, 0.4) is 0 Å². The third kappa shape index (κ3) is 3.10. The number of aryl methyl sites for hydroxylation is 1. The lowest BCUT2D eigenvalue weighted by molar-refractivity contribution is 0.122. The van der Waals surface area contributed by atoms with Gasteiger partial charge in [-0.05, 0) is 19.1 Å². The van der Waals surface area contributed by atoms with Gasteiger partial charge in [-0.15, -0.1) is 6.42 Å². The van der Waals surface area contributed by atoms with Gasteiger partial charge in [0.2, 0.25) is 0 Å². The van der Waals surface area contributed by atoms with Crippen LogP contribution in [0.4, 0.5) is 5.69 Å². The van der Waals surface area contributed by atoms with Crippen LogP contribution in [0, 0.1) is 19.3 Å². The maximum atomic E-state index is 11.0. The summed E-state index contributed by atoms with van der Waals surface area (Å²) in [5.41, 5.74) is 2.28. The zero-order chi connectivity index (χ0) is 16.3. The lowest BCUT2D eigenvalue weighted by Crippen LogP contribution is -2.36. The summed E-state index contributed by atoms with van der Waals surface area (Å²) < 4.78 is 5.38. The van der Waals surface area contributed by atoms with E-state index in [1.165, 1.54) is 0 Å². The maximum absolute atomic E-state index is 11.0. The number of terminal acetylenes is 1. The quantitative estimate of drug-likeness (QED) is 0.885. The Morgan fingerprint density at radius 2 is 1.52 bits per heavy atom. The van der Waals surface area contributed by atoms with Crippen LogP contribution >= 0.6 is 0 Å².